The lowest BCUT2D eigenvalue weighted by atomic mass is 10.0. The minimum atomic E-state index is 0.471. The van der Waals surface area contributed by atoms with Gasteiger partial charge in [-0.25, -0.2) is 0 Å². The summed E-state index contributed by atoms with van der Waals surface area (Å²) in [6.07, 6.45) is 10.1. The molecule has 0 aliphatic heterocycles. The molecule has 2 heterocycles. The molecule has 20 heavy (non-hydrogen) atoms. The van der Waals surface area contributed by atoms with Crippen LogP contribution in [0.25, 0.3) is 0 Å². The van der Waals surface area contributed by atoms with E-state index in [0.29, 0.717) is 18.1 Å². The standard InChI is InChI=1S/C13H19N5OS/c14-10-6-15-18(7-10)8-13-16-12(17-19-13)9-20-11-4-2-1-3-5-11/h6-7,11H,1-5,8-9,14H2. The van der Waals surface area contributed by atoms with Gasteiger partial charge in [0.2, 0.25) is 5.89 Å². The van der Waals surface area contributed by atoms with E-state index in [1.165, 1.54) is 32.1 Å². The van der Waals surface area contributed by atoms with Crippen molar-refractivity contribution in [1.29, 1.82) is 0 Å². The molecular formula is C13H19N5OS. The Bertz CT molecular complexity index is 546. The second kappa shape index (κ2) is 6.30. The van der Waals surface area contributed by atoms with Gasteiger partial charge in [-0.05, 0) is 12.8 Å². The van der Waals surface area contributed by atoms with E-state index in [1.807, 2.05) is 11.8 Å². The summed E-state index contributed by atoms with van der Waals surface area (Å²) in [6.45, 7) is 0.471. The third-order valence-electron chi connectivity index (χ3n) is 3.46. The summed E-state index contributed by atoms with van der Waals surface area (Å²) in [7, 11) is 0. The molecule has 7 heteroatoms. The van der Waals surface area contributed by atoms with Crippen LogP contribution in [0.2, 0.25) is 0 Å². The summed E-state index contributed by atoms with van der Waals surface area (Å²) in [6, 6.07) is 0. The normalized spacial score (nSPS) is 16.6. The summed E-state index contributed by atoms with van der Waals surface area (Å²) < 4.78 is 6.94. The maximum absolute atomic E-state index is 5.61. The van der Waals surface area contributed by atoms with Gasteiger partial charge in [0.15, 0.2) is 5.82 Å². The molecule has 1 saturated carbocycles. The average molecular weight is 293 g/mol. The van der Waals surface area contributed by atoms with Gasteiger partial charge in [-0.1, -0.05) is 24.4 Å². The number of rotatable bonds is 5. The van der Waals surface area contributed by atoms with Crippen molar-refractivity contribution in [3.8, 4) is 0 Å². The van der Waals surface area contributed by atoms with Crippen molar-refractivity contribution < 1.29 is 4.52 Å². The molecule has 0 bridgehead atoms. The van der Waals surface area contributed by atoms with Gasteiger partial charge in [0.05, 0.1) is 17.6 Å². The minimum absolute atomic E-state index is 0.471. The molecule has 3 rings (SSSR count). The molecule has 6 nitrogen and oxygen atoms in total. The van der Waals surface area contributed by atoms with Crippen LogP contribution in [0, 0.1) is 0 Å². The summed E-state index contributed by atoms with van der Waals surface area (Å²) in [5.41, 5.74) is 6.25. The van der Waals surface area contributed by atoms with Gasteiger partial charge >= 0.3 is 0 Å². The van der Waals surface area contributed by atoms with Crippen LogP contribution in [0.5, 0.6) is 0 Å². The highest BCUT2D eigenvalue weighted by Crippen LogP contribution is 2.29. The lowest BCUT2D eigenvalue weighted by Crippen LogP contribution is -2.08. The Morgan fingerprint density at radius 2 is 2.20 bits per heavy atom. The van der Waals surface area contributed by atoms with Gasteiger partial charge in [-0.2, -0.15) is 21.8 Å². The SMILES string of the molecule is Nc1cnn(Cc2nc(CSC3CCCCC3)no2)c1. The molecule has 0 amide bonds. The molecule has 0 atom stereocenters. The molecule has 108 valence electrons. The predicted octanol–water partition coefficient (Wildman–Crippen LogP) is 2.46. The Hall–Kier alpha value is -1.50. The molecule has 1 fully saturated rings. The summed E-state index contributed by atoms with van der Waals surface area (Å²) in [4.78, 5) is 4.40. The van der Waals surface area contributed by atoms with Crippen molar-refractivity contribution in [2.45, 2.75) is 49.7 Å². The fraction of sp³-hybridized carbons (Fsp3) is 0.615. The lowest BCUT2D eigenvalue weighted by molar-refractivity contribution is 0.362. The largest absolute Gasteiger partial charge is 0.396 e. The number of hydrogen-bond acceptors (Lipinski definition) is 6. The third-order valence-corrected chi connectivity index (χ3v) is 4.83. The number of hydrogen-bond donors (Lipinski definition) is 1. The monoisotopic (exact) mass is 293 g/mol. The molecule has 1 aliphatic rings. The number of nitrogens with two attached hydrogens (primary N) is 1. The van der Waals surface area contributed by atoms with Crippen LogP contribution in [-0.4, -0.2) is 25.2 Å². The van der Waals surface area contributed by atoms with Crippen LogP contribution in [0.4, 0.5) is 5.69 Å². The van der Waals surface area contributed by atoms with Crippen molar-refractivity contribution in [2.75, 3.05) is 5.73 Å². The highest BCUT2D eigenvalue weighted by Gasteiger charge is 2.15. The Labute approximate surface area is 122 Å². The first kappa shape index (κ1) is 13.5. The Morgan fingerprint density at radius 3 is 2.95 bits per heavy atom. The Morgan fingerprint density at radius 1 is 1.35 bits per heavy atom. The number of thioether (sulfide) groups is 1. The first-order valence-electron chi connectivity index (χ1n) is 7.00. The van der Waals surface area contributed by atoms with Crippen molar-refractivity contribution in [2.24, 2.45) is 0 Å². The zero-order chi connectivity index (χ0) is 13.8. The highest BCUT2D eigenvalue weighted by atomic mass is 32.2. The van der Waals surface area contributed by atoms with Crippen LogP contribution >= 0.6 is 11.8 Å². The highest BCUT2D eigenvalue weighted by molar-refractivity contribution is 7.99. The Balaban J connectivity index is 1.51. The molecule has 0 aromatic carbocycles. The maximum Gasteiger partial charge on any atom is 0.248 e. The minimum Gasteiger partial charge on any atom is -0.396 e. The number of aromatic nitrogens is 4. The zero-order valence-electron chi connectivity index (χ0n) is 11.4. The quantitative estimate of drug-likeness (QED) is 0.911. The van der Waals surface area contributed by atoms with E-state index < -0.39 is 0 Å². The van der Waals surface area contributed by atoms with Gasteiger partial charge < -0.3 is 10.3 Å². The molecule has 2 aromatic rings. The number of nitrogens with zero attached hydrogens (tertiary/aromatic N) is 4. The van der Waals surface area contributed by atoms with Crippen molar-refractivity contribution in [3.05, 3.63) is 24.1 Å². The maximum atomic E-state index is 5.61. The number of nitrogen functional groups attached to an aromatic ring is 1. The van der Waals surface area contributed by atoms with E-state index in [-0.39, 0.29) is 0 Å². The van der Waals surface area contributed by atoms with Crippen molar-refractivity contribution in [1.82, 2.24) is 19.9 Å². The molecule has 0 saturated heterocycles. The number of anilines is 1. The third kappa shape index (κ3) is 3.53. The molecule has 0 radical (unpaired) electrons. The molecule has 0 unspecified atom stereocenters. The van der Waals surface area contributed by atoms with E-state index >= 15 is 0 Å². The van der Waals surface area contributed by atoms with E-state index in [1.54, 1.807) is 17.1 Å². The molecule has 1 aliphatic carbocycles. The van der Waals surface area contributed by atoms with E-state index in [9.17, 15) is 0 Å². The zero-order valence-corrected chi connectivity index (χ0v) is 12.2. The Kier molecular flexibility index (Phi) is 4.25. The van der Waals surface area contributed by atoms with Crippen molar-refractivity contribution in [3.63, 3.8) is 0 Å². The smallest absolute Gasteiger partial charge is 0.248 e. The van der Waals surface area contributed by atoms with Gasteiger partial charge in [-0.15, -0.1) is 0 Å². The molecule has 0 spiro atoms. The second-order valence-corrected chi connectivity index (χ2v) is 6.44. The molecule has 2 aromatic heterocycles. The van der Waals surface area contributed by atoms with Crippen LogP contribution in [-0.2, 0) is 12.3 Å². The van der Waals surface area contributed by atoms with Crippen LogP contribution in [0.1, 0.15) is 43.8 Å². The van der Waals surface area contributed by atoms with E-state index in [0.717, 1.165) is 16.8 Å². The topological polar surface area (TPSA) is 82.8 Å². The van der Waals surface area contributed by atoms with Crippen molar-refractivity contribution >= 4 is 17.4 Å². The average Bonchev–Trinajstić information content (AvgIpc) is 3.08. The molecule has 2 N–H and O–H groups in total. The van der Waals surface area contributed by atoms with Crippen LogP contribution < -0.4 is 5.73 Å². The van der Waals surface area contributed by atoms with Gasteiger partial charge in [-0.3, -0.25) is 4.68 Å². The fourth-order valence-corrected chi connectivity index (χ4v) is 3.61. The fourth-order valence-electron chi connectivity index (χ4n) is 2.44. The van der Waals surface area contributed by atoms with Gasteiger partial charge in [0.1, 0.15) is 6.54 Å². The van der Waals surface area contributed by atoms with Crippen LogP contribution in [0.15, 0.2) is 16.9 Å². The van der Waals surface area contributed by atoms with Gasteiger partial charge in [0, 0.05) is 11.4 Å². The second-order valence-electron chi connectivity index (χ2n) is 5.15. The lowest BCUT2D eigenvalue weighted by Gasteiger charge is -2.19. The summed E-state index contributed by atoms with van der Waals surface area (Å²) in [5, 5.41) is 8.88. The van der Waals surface area contributed by atoms with E-state index in [2.05, 4.69) is 15.2 Å². The summed E-state index contributed by atoms with van der Waals surface area (Å²) in [5.74, 6) is 2.18. The van der Waals surface area contributed by atoms with Crippen LogP contribution in [0.3, 0.4) is 0 Å². The summed E-state index contributed by atoms with van der Waals surface area (Å²) >= 11 is 1.95. The molecular weight excluding hydrogens is 274 g/mol. The predicted molar refractivity (Wildman–Crippen MR) is 78.2 cm³/mol. The first-order chi connectivity index (χ1) is 9.79. The van der Waals surface area contributed by atoms with Gasteiger partial charge in [0.25, 0.3) is 0 Å². The first-order valence-corrected chi connectivity index (χ1v) is 8.05. The van der Waals surface area contributed by atoms with E-state index in [4.69, 9.17) is 10.3 Å².